The molecule has 1 aliphatic heterocycles. The van der Waals surface area contributed by atoms with Crippen molar-refractivity contribution in [2.75, 3.05) is 0 Å². The number of fused-ring (bicyclic) bond motifs is 2. The number of nitrogens with one attached hydrogen (secondary N) is 1. The predicted molar refractivity (Wildman–Crippen MR) is 96.9 cm³/mol. The zero-order valence-corrected chi connectivity index (χ0v) is 15.1. The third-order valence-electron chi connectivity index (χ3n) is 5.47. The summed E-state index contributed by atoms with van der Waals surface area (Å²) in [5.41, 5.74) is 2.30. The zero-order valence-electron chi connectivity index (χ0n) is 15.1. The molecule has 26 heavy (non-hydrogen) atoms. The van der Waals surface area contributed by atoms with Crippen LogP contribution in [0.3, 0.4) is 0 Å². The number of urea groups is 1. The lowest BCUT2D eigenvalue weighted by atomic mass is 9.96. The summed E-state index contributed by atoms with van der Waals surface area (Å²) in [7, 11) is 0. The number of benzene rings is 1. The molecule has 0 spiro atoms. The molecule has 1 aromatic carbocycles. The highest BCUT2D eigenvalue weighted by molar-refractivity contribution is 6.06. The number of rotatable bonds is 4. The zero-order chi connectivity index (χ0) is 18.5. The van der Waals surface area contributed by atoms with Crippen LogP contribution >= 0.6 is 0 Å². The number of amides is 3. The van der Waals surface area contributed by atoms with Crippen molar-refractivity contribution < 1.29 is 14.0 Å². The van der Waals surface area contributed by atoms with Crippen LogP contribution in [0.5, 0.6) is 0 Å². The summed E-state index contributed by atoms with van der Waals surface area (Å²) in [5, 5.41) is 3.59. The number of aryl methyl sites for hydroxylation is 2. The van der Waals surface area contributed by atoms with Gasteiger partial charge in [-0.25, -0.2) is 9.59 Å². The van der Waals surface area contributed by atoms with E-state index in [0.717, 1.165) is 31.1 Å². The molecule has 6 nitrogen and oxygen atoms in total. The van der Waals surface area contributed by atoms with Gasteiger partial charge in [0.1, 0.15) is 11.1 Å². The number of hydrogen-bond acceptors (Lipinski definition) is 4. The third-order valence-corrected chi connectivity index (χ3v) is 5.47. The van der Waals surface area contributed by atoms with Gasteiger partial charge in [-0.3, -0.25) is 9.69 Å². The van der Waals surface area contributed by atoms with Crippen molar-refractivity contribution in [2.24, 2.45) is 0 Å². The smallest absolute Gasteiger partial charge is 0.336 e. The average Bonchev–Trinajstić information content (AvgIpc) is 3.11. The quantitative estimate of drug-likeness (QED) is 0.676. The number of carbonyl (C=O) groups is 2. The Morgan fingerprint density at radius 3 is 2.62 bits per heavy atom. The van der Waals surface area contributed by atoms with Crippen molar-refractivity contribution in [3.63, 3.8) is 0 Å². The second-order valence-electron chi connectivity index (χ2n) is 7.46. The van der Waals surface area contributed by atoms with Gasteiger partial charge in [0.2, 0.25) is 0 Å². The first-order valence-corrected chi connectivity index (χ1v) is 9.14. The second kappa shape index (κ2) is 5.97. The van der Waals surface area contributed by atoms with E-state index in [1.165, 1.54) is 22.1 Å². The highest BCUT2D eigenvalue weighted by Crippen LogP contribution is 2.30. The summed E-state index contributed by atoms with van der Waals surface area (Å²) in [4.78, 5) is 38.4. The van der Waals surface area contributed by atoms with Crippen LogP contribution in [0.2, 0.25) is 0 Å². The van der Waals surface area contributed by atoms with E-state index >= 15 is 0 Å². The van der Waals surface area contributed by atoms with Crippen molar-refractivity contribution in [3.05, 3.63) is 45.3 Å². The molecule has 3 amide bonds. The summed E-state index contributed by atoms with van der Waals surface area (Å²) in [6.45, 7) is 3.80. The Hall–Kier alpha value is -2.63. The Morgan fingerprint density at radius 2 is 1.88 bits per heavy atom. The van der Waals surface area contributed by atoms with Crippen molar-refractivity contribution in [1.29, 1.82) is 0 Å². The van der Waals surface area contributed by atoms with Crippen LogP contribution in [0.25, 0.3) is 11.0 Å². The molecule has 2 aromatic rings. The van der Waals surface area contributed by atoms with E-state index in [1.807, 2.05) is 19.1 Å². The fraction of sp³-hybridized carbons (Fsp3) is 0.450. The molecule has 1 fully saturated rings. The topological polar surface area (TPSA) is 79.6 Å². The minimum absolute atomic E-state index is 0.0743. The normalized spacial score (nSPS) is 22.2. The molecule has 2 heterocycles. The molecular formula is C20H22N2O4. The van der Waals surface area contributed by atoms with E-state index < -0.39 is 17.2 Å². The first-order chi connectivity index (χ1) is 12.4. The standard InChI is InChI=1S/C20H22N2O4/c1-3-7-20(2)18(24)22(19(25)21-20)11-14-10-17(23)26-16-9-13-6-4-5-12(13)8-15(14)16/h8-10H,3-7,11H2,1-2H3,(H,21,25). The Morgan fingerprint density at radius 1 is 1.15 bits per heavy atom. The SMILES string of the molecule is CCCC1(C)NC(=O)N(Cc2cc(=O)oc3cc4c(cc23)CCC4)C1=O. The predicted octanol–water partition coefficient (Wildman–Crippen LogP) is 2.89. The molecule has 1 aromatic heterocycles. The van der Waals surface area contributed by atoms with E-state index in [-0.39, 0.29) is 12.5 Å². The van der Waals surface area contributed by atoms with E-state index in [0.29, 0.717) is 17.6 Å². The molecule has 0 radical (unpaired) electrons. The summed E-state index contributed by atoms with van der Waals surface area (Å²) < 4.78 is 5.37. The molecule has 1 N–H and O–H groups in total. The maximum atomic E-state index is 12.8. The highest BCUT2D eigenvalue weighted by Gasteiger charge is 2.47. The van der Waals surface area contributed by atoms with Crippen LogP contribution in [0.4, 0.5) is 4.79 Å². The maximum Gasteiger partial charge on any atom is 0.336 e. The van der Waals surface area contributed by atoms with Crippen molar-refractivity contribution in [2.45, 2.75) is 58.0 Å². The summed E-state index contributed by atoms with van der Waals surface area (Å²) in [5.74, 6) is -0.244. The maximum absolute atomic E-state index is 12.8. The fourth-order valence-electron chi connectivity index (χ4n) is 4.16. The average molecular weight is 354 g/mol. The molecule has 136 valence electrons. The Bertz CT molecular complexity index is 978. The second-order valence-corrected chi connectivity index (χ2v) is 7.46. The van der Waals surface area contributed by atoms with Crippen molar-refractivity contribution >= 4 is 22.9 Å². The Labute approximate surface area is 151 Å². The fourth-order valence-corrected chi connectivity index (χ4v) is 4.16. The summed E-state index contributed by atoms with van der Waals surface area (Å²) in [6, 6.07) is 4.95. The molecule has 0 bridgehead atoms. The minimum atomic E-state index is -0.873. The minimum Gasteiger partial charge on any atom is -0.423 e. The molecule has 4 rings (SSSR count). The number of imide groups is 1. The number of hydrogen-bond donors (Lipinski definition) is 1. The molecular weight excluding hydrogens is 332 g/mol. The monoisotopic (exact) mass is 354 g/mol. The molecule has 6 heteroatoms. The van der Waals surface area contributed by atoms with Crippen LogP contribution in [-0.2, 0) is 24.2 Å². The van der Waals surface area contributed by atoms with E-state index in [1.54, 1.807) is 6.92 Å². The van der Waals surface area contributed by atoms with Gasteiger partial charge in [0.15, 0.2) is 0 Å². The van der Waals surface area contributed by atoms with Crippen molar-refractivity contribution in [3.8, 4) is 0 Å². The van der Waals surface area contributed by atoms with Gasteiger partial charge in [-0.2, -0.15) is 0 Å². The third kappa shape index (κ3) is 2.60. The lowest BCUT2D eigenvalue weighted by Gasteiger charge is -2.21. The van der Waals surface area contributed by atoms with E-state index in [4.69, 9.17) is 4.42 Å². The molecule has 0 saturated carbocycles. The molecule has 1 aliphatic carbocycles. The van der Waals surface area contributed by atoms with Crippen LogP contribution < -0.4 is 10.9 Å². The first kappa shape index (κ1) is 16.8. The van der Waals surface area contributed by atoms with Crippen LogP contribution in [-0.4, -0.2) is 22.4 Å². The molecule has 1 unspecified atom stereocenters. The first-order valence-electron chi connectivity index (χ1n) is 9.14. The Balaban J connectivity index is 1.75. The number of nitrogens with zero attached hydrogens (tertiary/aromatic N) is 1. The van der Waals surface area contributed by atoms with Gasteiger partial charge >= 0.3 is 11.7 Å². The summed E-state index contributed by atoms with van der Waals surface area (Å²) >= 11 is 0. The van der Waals surface area contributed by atoms with Crippen molar-refractivity contribution in [1.82, 2.24) is 10.2 Å². The van der Waals surface area contributed by atoms with E-state index in [2.05, 4.69) is 5.32 Å². The van der Waals surface area contributed by atoms with Gasteiger partial charge < -0.3 is 9.73 Å². The van der Waals surface area contributed by atoms with Gasteiger partial charge in [-0.1, -0.05) is 13.3 Å². The van der Waals surface area contributed by atoms with Gasteiger partial charge in [-0.05, 0) is 61.4 Å². The lowest BCUT2D eigenvalue weighted by molar-refractivity contribution is -0.131. The largest absolute Gasteiger partial charge is 0.423 e. The van der Waals surface area contributed by atoms with Gasteiger partial charge in [-0.15, -0.1) is 0 Å². The molecule has 1 atom stereocenters. The van der Waals surface area contributed by atoms with Crippen LogP contribution in [0.1, 0.15) is 49.8 Å². The van der Waals surface area contributed by atoms with Crippen LogP contribution in [0.15, 0.2) is 27.4 Å². The van der Waals surface area contributed by atoms with Gasteiger partial charge in [0.25, 0.3) is 5.91 Å². The van der Waals surface area contributed by atoms with Gasteiger partial charge in [0, 0.05) is 11.5 Å². The highest BCUT2D eigenvalue weighted by atomic mass is 16.4. The Kier molecular flexibility index (Phi) is 3.86. The molecule has 2 aliphatic rings. The van der Waals surface area contributed by atoms with Crippen LogP contribution in [0, 0.1) is 0 Å². The molecule has 1 saturated heterocycles. The van der Waals surface area contributed by atoms with E-state index in [9.17, 15) is 14.4 Å². The lowest BCUT2D eigenvalue weighted by Crippen LogP contribution is -2.43. The summed E-state index contributed by atoms with van der Waals surface area (Å²) in [6.07, 6.45) is 4.45. The number of carbonyl (C=O) groups excluding carboxylic acids is 2. The van der Waals surface area contributed by atoms with Gasteiger partial charge in [0.05, 0.1) is 6.54 Å².